The number of benzene rings is 1. The first-order valence-electron chi connectivity index (χ1n) is 11.3. The topological polar surface area (TPSA) is 139 Å². The molecule has 1 aliphatic heterocycles. The predicted octanol–water partition coefficient (Wildman–Crippen LogP) is 2.14. The van der Waals surface area contributed by atoms with Crippen molar-refractivity contribution in [1.82, 2.24) is 14.6 Å². The SMILES string of the molecule is Cc1cc(F)c(COc2nsc(NC(=O)NCCCC(O)CN3CCOCC3)c2C(N)=O)c(F)c1F. The summed E-state index contributed by atoms with van der Waals surface area (Å²) in [6.07, 6.45) is 0.463. The number of aromatic nitrogens is 1. The monoisotopic (exact) mass is 531 g/mol. The van der Waals surface area contributed by atoms with E-state index in [2.05, 4.69) is 19.9 Å². The Hall–Kier alpha value is -2.94. The summed E-state index contributed by atoms with van der Waals surface area (Å²) in [6.45, 7) is 4.08. The van der Waals surface area contributed by atoms with Crippen LogP contribution in [0.15, 0.2) is 6.07 Å². The molecule has 1 unspecified atom stereocenters. The number of hydrogen-bond donors (Lipinski definition) is 4. The highest BCUT2D eigenvalue weighted by atomic mass is 32.1. The zero-order valence-corrected chi connectivity index (χ0v) is 20.4. The number of β-amino-alcohol motifs (C(OH)–C–C–N with tert-alkyl or cyclic N) is 1. The van der Waals surface area contributed by atoms with Crippen LogP contribution in [0.2, 0.25) is 0 Å². The van der Waals surface area contributed by atoms with Crippen molar-refractivity contribution < 1.29 is 37.3 Å². The quantitative estimate of drug-likeness (QED) is 0.257. The number of ether oxygens (including phenoxy) is 2. The number of urea groups is 1. The summed E-state index contributed by atoms with van der Waals surface area (Å²) >= 11 is 0.680. The molecule has 5 N–H and O–H groups in total. The van der Waals surface area contributed by atoms with Gasteiger partial charge in [0.25, 0.3) is 5.91 Å². The first kappa shape index (κ1) is 27.6. The molecule has 0 aliphatic carbocycles. The Balaban J connectivity index is 1.50. The van der Waals surface area contributed by atoms with Crippen LogP contribution in [0.25, 0.3) is 0 Å². The van der Waals surface area contributed by atoms with E-state index in [1.807, 2.05) is 0 Å². The molecular weight excluding hydrogens is 503 g/mol. The molecule has 198 valence electrons. The van der Waals surface area contributed by atoms with Gasteiger partial charge in [0.2, 0.25) is 5.88 Å². The molecule has 0 saturated carbocycles. The predicted molar refractivity (Wildman–Crippen MR) is 126 cm³/mol. The van der Waals surface area contributed by atoms with Crippen molar-refractivity contribution in [2.75, 3.05) is 44.7 Å². The van der Waals surface area contributed by atoms with Crippen molar-refractivity contribution in [3.05, 3.63) is 40.2 Å². The first-order valence-corrected chi connectivity index (χ1v) is 12.0. The van der Waals surface area contributed by atoms with E-state index in [1.165, 1.54) is 6.92 Å². The Bertz CT molecular complexity index is 1080. The molecule has 2 aromatic rings. The van der Waals surface area contributed by atoms with Crippen LogP contribution in [-0.2, 0) is 11.3 Å². The van der Waals surface area contributed by atoms with Gasteiger partial charge in [0.15, 0.2) is 11.6 Å². The molecule has 0 radical (unpaired) electrons. The Kier molecular flexibility index (Phi) is 9.87. The van der Waals surface area contributed by atoms with Crippen molar-refractivity contribution in [3.8, 4) is 5.88 Å². The molecule has 2 heterocycles. The van der Waals surface area contributed by atoms with E-state index in [0.29, 0.717) is 44.1 Å². The minimum Gasteiger partial charge on any atom is -0.471 e. The zero-order valence-electron chi connectivity index (χ0n) is 19.6. The van der Waals surface area contributed by atoms with E-state index in [1.54, 1.807) is 0 Å². The van der Waals surface area contributed by atoms with E-state index in [0.717, 1.165) is 19.2 Å². The van der Waals surface area contributed by atoms with Crippen molar-refractivity contribution in [1.29, 1.82) is 0 Å². The molecule has 1 saturated heterocycles. The number of aryl methyl sites for hydroxylation is 1. The number of nitrogens with one attached hydrogen (secondary N) is 2. The van der Waals surface area contributed by atoms with Crippen molar-refractivity contribution in [3.63, 3.8) is 0 Å². The Morgan fingerprint density at radius 1 is 1.31 bits per heavy atom. The lowest BCUT2D eigenvalue weighted by Gasteiger charge is -2.28. The van der Waals surface area contributed by atoms with Gasteiger partial charge in [-0.2, -0.15) is 4.37 Å². The average Bonchev–Trinajstić information content (AvgIpc) is 3.23. The third kappa shape index (κ3) is 7.29. The van der Waals surface area contributed by atoms with Crippen molar-refractivity contribution in [2.45, 2.75) is 32.5 Å². The molecule has 1 aromatic heterocycles. The maximum atomic E-state index is 14.1. The number of aliphatic hydroxyl groups excluding tert-OH is 1. The summed E-state index contributed by atoms with van der Waals surface area (Å²) in [7, 11) is 0. The number of hydrogen-bond acceptors (Lipinski definition) is 8. The van der Waals surface area contributed by atoms with Crippen LogP contribution >= 0.6 is 11.5 Å². The van der Waals surface area contributed by atoms with Gasteiger partial charge in [-0.15, -0.1) is 0 Å². The molecule has 3 rings (SSSR count). The van der Waals surface area contributed by atoms with Gasteiger partial charge < -0.3 is 25.6 Å². The van der Waals surface area contributed by atoms with Gasteiger partial charge in [0.1, 0.15) is 23.0 Å². The van der Waals surface area contributed by atoms with Gasteiger partial charge in [-0.05, 0) is 42.9 Å². The molecule has 14 heteroatoms. The van der Waals surface area contributed by atoms with Crippen LogP contribution in [0.4, 0.5) is 23.0 Å². The summed E-state index contributed by atoms with van der Waals surface area (Å²) in [5.41, 5.74) is 4.20. The summed E-state index contributed by atoms with van der Waals surface area (Å²) < 4.78 is 56.3. The fourth-order valence-electron chi connectivity index (χ4n) is 3.56. The summed E-state index contributed by atoms with van der Waals surface area (Å²) in [5, 5.41) is 15.2. The second-order valence-electron chi connectivity index (χ2n) is 8.22. The Morgan fingerprint density at radius 2 is 2.03 bits per heavy atom. The molecule has 36 heavy (non-hydrogen) atoms. The van der Waals surface area contributed by atoms with E-state index >= 15 is 0 Å². The number of morpholine rings is 1. The highest BCUT2D eigenvalue weighted by molar-refractivity contribution is 7.11. The number of carbonyl (C=O) groups excluding carboxylic acids is 2. The number of nitrogens with zero attached hydrogens (tertiary/aromatic N) is 2. The van der Waals surface area contributed by atoms with Gasteiger partial charge in [0.05, 0.1) is 24.9 Å². The molecule has 0 spiro atoms. The highest BCUT2D eigenvalue weighted by Gasteiger charge is 2.24. The minimum atomic E-state index is -1.41. The minimum absolute atomic E-state index is 0.0293. The number of primary amides is 1. The van der Waals surface area contributed by atoms with Crippen LogP contribution in [-0.4, -0.2) is 71.8 Å². The summed E-state index contributed by atoms with van der Waals surface area (Å²) in [4.78, 5) is 26.3. The average molecular weight is 532 g/mol. The Labute approximate surface area is 209 Å². The van der Waals surface area contributed by atoms with Gasteiger partial charge >= 0.3 is 6.03 Å². The van der Waals surface area contributed by atoms with Gasteiger partial charge in [0, 0.05) is 26.2 Å². The maximum absolute atomic E-state index is 14.1. The number of anilines is 1. The summed E-state index contributed by atoms with van der Waals surface area (Å²) in [6, 6.07) is 0.180. The lowest BCUT2D eigenvalue weighted by molar-refractivity contribution is 0.0129. The fraction of sp³-hybridized carbons (Fsp3) is 0.500. The molecule has 0 bridgehead atoms. The first-order chi connectivity index (χ1) is 17.2. The standard InChI is InChI=1S/C22H28F3N5O5S/c1-12-9-15(23)14(18(25)17(12)24)11-35-20-16(19(26)32)21(36-29-20)28-22(33)27-4-2-3-13(31)10-30-5-7-34-8-6-30/h9,13,31H,2-8,10-11H2,1H3,(H2,26,32)(H2,27,28,33). The second-order valence-corrected chi connectivity index (χ2v) is 8.99. The van der Waals surface area contributed by atoms with Crippen LogP contribution in [0.3, 0.4) is 0 Å². The van der Waals surface area contributed by atoms with E-state index in [-0.39, 0.29) is 28.6 Å². The van der Waals surface area contributed by atoms with E-state index in [4.69, 9.17) is 15.2 Å². The second kappa shape index (κ2) is 12.9. The van der Waals surface area contributed by atoms with Crippen LogP contribution in [0, 0.1) is 24.4 Å². The number of amides is 3. The van der Waals surface area contributed by atoms with Gasteiger partial charge in [-0.1, -0.05) is 0 Å². The van der Waals surface area contributed by atoms with Crippen LogP contribution in [0.1, 0.15) is 34.3 Å². The normalized spacial score (nSPS) is 14.9. The van der Waals surface area contributed by atoms with Crippen molar-refractivity contribution >= 4 is 28.5 Å². The molecular formula is C22H28F3N5O5S. The van der Waals surface area contributed by atoms with Crippen LogP contribution in [0.5, 0.6) is 5.88 Å². The maximum Gasteiger partial charge on any atom is 0.319 e. The number of halogens is 3. The number of aliphatic hydroxyl groups is 1. The lowest BCUT2D eigenvalue weighted by Crippen LogP contribution is -2.41. The molecule has 1 fully saturated rings. The molecule has 1 aromatic carbocycles. The Morgan fingerprint density at radius 3 is 2.72 bits per heavy atom. The molecule has 10 nitrogen and oxygen atoms in total. The molecule has 1 aliphatic rings. The fourth-order valence-corrected chi connectivity index (χ4v) is 4.30. The number of carbonyl (C=O) groups is 2. The number of rotatable bonds is 11. The molecule has 1 atom stereocenters. The highest BCUT2D eigenvalue weighted by Crippen LogP contribution is 2.31. The van der Waals surface area contributed by atoms with E-state index < -0.39 is 47.7 Å². The third-order valence-corrected chi connectivity index (χ3v) is 6.24. The molecule has 3 amide bonds. The van der Waals surface area contributed by atoms with Crippen molar-refractivity contribution in [2.24, 2.45) is 5.73 Å². The third-order valence-electron chi connectivity index (χ3n) is 5.50. The lowest BCUT2D eigenvalue weighted by atomic mass is 10.1. The van der Waals surface area contributed by atoms with Gasteiger partial charge in [-0.3, -0.25) is 15.0 Å². The van der Waals surface area contributed by atoms with Gasteiger partial charge in [-0.25, -0.2) is 18.0 Å². The zero-order chi connectivity index (χ0) is 26.2. The summed E-state index contributed by atoms with van der Waals surface area (Å²) in [5.74, 6) is -4.98. The van der Waals surface area contributed by atoms with Crippen LogP contribution < -0.4 is 21.1 Å². The van der Waals surface area contributed by atoms with E-state index in [9.17, 15) is 27.9 Å². The largest absolute Gasteiger partial charge is 0.471 e. The number of nitrogens with two attached hydrogens (primary N) is 1. The smallest absolute Gasteiger partial charge is 0.319 e.